The Bertz CT molecular complexity index is 1280. The largest absolute Gasteiger partial charge is 0.438 e. The maximum atomic E-state index is 12.2. The minimum atomic E-state index is -3.64. The summed E-state index contributed by atoms with van der Waals surface area (Å²) in [6.45, 7) is 1.87. The Balaban J connectivity index is 1.39. The number of rotatable bonds is 7. The van der Waals surface area contributed by atoms with Gasteiger partial charge in [0.2, 0.25) is 5.88 Å². The molecule has 156 valence electrons. The zero-order valence-electron chi connectivity index (χ0n) is 16.6. The summed E-state index contributed by atoms with van der Waals surface area (Å²) in [4.78, 5) is 4.15. The van der Waals surface area contributed by atoms with Crippen molar-refractivity contribution in [2.45, 2.75) is 6.92 Å². The number of hydrogen-bond donors (Lipinski definition) is 1. The molecule has 0 amide bonds. The van der Waals surface area contributed by atoms with Crippen LogP contribution in [-0.2, 0) is 10.0 Å². The maximum absolute atomic E-state index is 12.2. The normalized spacial score (nSPS) is 11.5. The number of anilines is 1. The van der Waals surface area contributed by atoms with E-state index in [-0.39, 0.29) is 0 Å². The van der Waals surface area contributed by atoms with Crippen LogP contribution in [0, 0.1) is 6.92 Å². The quantitative estimate of drug-likeness (QED) is 0.470. The minimum absolute atomic E-state index is 0.320. The topological polar surface area (TPSA) is 99.0 Å². The molecule has 1 N–H and O–H groups in total. The van der Waals surface area contributed by atoms with Crippen molar-refractivity contribution in [3.05, 3.63) is 95.9 Å². The van der Waals surface area contributed by atoms with Crippen molar-refractivity contribution in [1.82, 2.24) is 19.7 Å². The van der Waals surface area contributed by atoms with Crippen molar-refractivity contribution in [3.8, 4) is 17.4 Å². The number of aryl methyl sites for hydroxylation is 1. The highest BCUT2D eigenvalue weighted by Crippen LogP contribution is 2.22. The van der Waals surface area contributed by atoms with Gasteiger partial charge in [-0.2, -0.15) is 0 Å². The highest BCUT2D eigenvalue weighted by molar-refractivity contribution is 7.95. The average molecular weight is 433 g/mol. The summed E-state index contributed by atoms with van der Waals surface area (Å²) in [5, 5.41) is 9.33. The first-order valence-corrected chi connectivity index (χ1v) is 10.9. The van der Waals surface area contributed by atoms with Crippen molar-refractivity contribution >= 4 is 21.8 Å². The second kappa shape index (κ2) is 8.80. The molecule has 2 aromatic carbocycles. The standard InChI is InChI=1S/C22H19N5O3S/c1-17-23-14-15-27(17)21-11-12-22(25-24-21)30-20-9-7-19(8-10-20)26-31(28,29)16-13-18-5-3-2-4-6-18/h2-16,26H,1H3/b16-13+. The van der Waals surface area contributed by atoms with Crippen LogP contribution in [-0.4, -0.2) is 28.2 Å². The van der Waals surface area contributed by atoms with Crippen molar-refractivity contribution in [3.63, 3.8) is 0 Å². The van der Waals surface area contributed by atoms with E-state index < -0.39 is 10.0 Å². The fraction of sp³-hybridized carbons (Fsp3) is 0.0455. The van der Waals surface area contributed by atoms with Crippen LogP contribution in [0.4, 0.5) is 5.69 Å². The molecular weight excluding hydrogens is 414 g/mol. The van der Waals surface area contributed by atoms with Crippen LogP contribution in [0.15, 0.2) is 84.5 Å². The highest BCUT2D eigenvalue weighted by atomic mass is 32.2. The Labute approximate surface area is 179 Å². The molecule has 0 aliphatic heterocycles. The molecule has 0 unspecified atom stereocenters. The molecule has 0 atom stereocenters. The van der Waals surface area contributed by atoms with Crippen LogP contribution in [0.5, 0.6) is 11.6 Å². The van der Waals surface area contributed by atoms with Gasteiger partial charge in [0.15, 0.2) is 5.82 Å². The molecule has 0 saturated carbocycles. The van der Waals surface area contributed by atoms with Crippen molar-refractivity contribution in [2.75, 3.05) is 4.72 Å². The van der Waals surface area contributed by atoms with Gasteiger partial charge >= 0.3 is 0 Å². The molecule has 0 aliphatic carbocycles. The van der Waals surface area contributed by atoms with Crippen LogP contribution in [0.1, 0.15) is 11.4 Å². The third-order valence-corrected chi connectivity index (χ3v) is 5.29. The number of nitrogens with one attached hydrogen (secondary N) is 1. The zero-order valence-corrected chi connectivity index (χ0v) is 17.4. The smallest absolute Gasteiger partial charge is 0.255 e. The summed E-state index contributed by atoms with van der Waals surface area (Å²) >= 11 is 0. The summed E-state index contributed by atoms with van der Waals surface area (Å²) in [7, 11) is -3.64. The van der Waals surface area contributed by atoms with E-state index in [2.05, 4.69) is 19.9 Å². The first kappa shape index (κ1) is 20.3. The summed E-state index contributed by atoms with van der Waals surface area (Å²) in [5.41, 5.74) is 1.22. The second-order valence-electron chi connectivity index (χ2n) is 6.56. The third-order valence-electron chi connectivity index (χ3n) is 4.27. The lowest BCUT2D eigenvalue weighted by Crippen LogP contribution is -2.08. The highest BCUT2D eigenvalue weighted by Gasteiger charge is 2.07. The predicted molar refractivity (Wildman–Crippen MR) is 118 cm³/mol. The zero-order chi connectivity index (χ0) is 21.7. The Morgan fingerprint density at radius 2 is 1.74 bits per heavy atom. The summed E-state index contributed by atoms with van der Waals surface area (Å²) in [6.07, 6.45) is 5.02. The van der Waals surface area contributed by atoms with Gasteiger partial charge < -0.3 is 4.74 Å². The van der Waals surface area contributed by atoms with E-state index in [1.807, 2.05) is 41.8 Å². The molecule has 31 heavy (non-hydrogen) atoms. The first-order valence-electron chi connectivity index (χ1n) is 9.36. The summed E-state index contributed by atoms with van der Waals surface area (Å²) < 4.78 is 34.5. The average Bonchev–Trinajstić information content (AvgIpc) is 3.21. The Morgan fingerprint density at radius 1 is 0.968 bits per heavy atom. The third kappa shape index (κ3) is 5.34. The van der Waals surface area contributed by atoms with Crippen LogP contribution < -0.4 is 9.46 Å². The molecule has 0 aliphatic rings. The monoisotopic (exact) mass is 433 g/mol. The molecule has 0 radical (unpaired) electrons. The molecule has 9 heteroatoms. The first-order chi connectivity index (χ1) is 15.0. The molecule has 8 nitrogen and oxygen atoms in total. The van der Waals surface area contributed by atoms with E-state index in [4.69, 9.17) is 4.74 Å². The van der Waals surface area contributed by atoms with Crippen LogP contribution in [0.2, 0.25) is 0 Å². The lowest BCUT2D eigenvalue weighted by atomic mass is 10.2. The molecule has 4 rings (SSSR count). The number of sulfonamides is 1. The number of benzene rings is 2. The number of ether oxygens (including phenoxy) is 1. The second-order valence-corrected chi connectivity index (χ2v) is 8.13. The molecule has 0 saturated heterocycles. The molecular formula is C22H19N5O3S. The fourth-order valence-corrected chi connectivity index (χ4v) is 3.63. The van der Waals surface area contributed by atoms with E-state index in [0.29, 0.717) is 23.1 Å². The fourth-order valence-electron chi connectivity index (χ4n) is 2.76. The molecule has 0 bridgehead atoms. The van der Waals surface area contributed by atoms with Gasteiger partial charge in [-0.05, 0) is 48.9 Å². The van der Waals surface area contributed by atoms with Crippen LogP contribution >= 0.6 is 0 Å². The van der Waals surface area contributed by atoms with Gasteiger partial charge in [0, 0.05) is 24.1 Å². The predicted octanol–water partition coefficient (Wildman–Crippen LogP) is 4.18. The lowest BCUT2D eigenvalue weighted by molar-refractivity contribution is 0.454. The van der Waals surface area contributed by atoms with E-state index >= 15 is 0 Å². The summed E-state index contributed by atoms with van der Waals surface area (Å²) in [6, 6.07) is 19.2. The molecule has 2 aromatic heterocycles. The van der Waals surface area contributed by atoms with Crippen LogP contribution in [0.25, 0.3) is 11.9 Å². The molecule has 0 spiro atoms. The minimum Gasteiger partial charge on any atom is -0.438 e. The van der Waals surface area contributed by atoms with Gasteiger partial charge in [-0.25, -0.2) is 13.4 Å². The van der Waals surface area contributed by atoms with Gasteiger partial charge in [0.05, 0.1) is 5.41 Å². The van der Waals surface area contributed by atoms with Crippen LogP contribution in [0.3, 0.4) is 0 Å². The Morgan fingerprint density at radius 3 is 2.39 bits per heavy atom. The number of hydrogen-bond acceptors (Lipinski definition) is 6. The molecule has 2 heterocycles. The maximum Gasteiger partial charge on any atom is 0.255 e. The summed E-state index contributed by atoms with van der Waals surface area (Å²) in [5.74, 6) is 2.26. The molecule has 4 aromatic rings. The Kier molecular flexibility index (Phi) is 5.76. The van der Waals surface area contributed by atoms with Crippen molar-refractivity contribution in [1.29, 1.82) is 0 Å². The SMILES string of the molecule is Cc1nccn1-c1ccc(Oc2ccc(NS(=O)(=O)/C=C/c3ccccc3)cc2)nn1. The van der Waals surface area contributed by atoms with Gasteiger partial charge in [0.1, 0.15) is 11.6 Å². The van der Waals surface area contributed by atoms with E-state index in [0.717, 1.165) is 16.8 Å². The van der Waals surface area contributed by atoms with Crippen molar-refractivity contribution in [2.24, 2.45) is 0 Å². The number of imidazole rings is 1. The lowest BCUT2D eigenvalue weighted by Gasteiger charge is -2.08. The Hall–Kier alpha value is -3.98. The van der Waals surface area contributed by atoms with E-state index in [9.17, 15) is 8.42 Å². The van der Waals surface area contributed by atoms with Crippen molar-refractivity contribution < 1.29 is 13.2 Å². The van der Waals surface area contributed by atoms with E-state index in [1.54, 1.807) is 48.8 Å². The number of nitrogens with zero attached hydrogens (tertiary/aromatic N) is 4. The molecule has 0 fully saturated rings. The van der Waals surface area contributed by atoms with Gasteiger partial charge in [-0.1, -0.05) is 30.3 Å². The van der Waals surface area contributed by atoms with Gasteiger partial charge in [0.25, 0.3) is 10.0 Å². The number of aromatic nitrogens is 4. The van der Waals surface area contributed by atoms with Gasteiger partial charge in [-0.15, -0.1) is 10.2 Å². The van der Waals surface area contributed by atoms with Gasteiger partial charge in [-0.3, -0.25) is 9.29 Å². The van der Waals surface area contributed by atoms with E-state index in [1.165, 1.54) is 6.08 Å².